The maximum Gasteiger partial charge on any atom is 0.330 e. The minimum atomic E-state index is -0.455. The molecular formula is C16H20O5. The maximum atomic E-state index is 11.3. The number of esters is 2. The van der Waals surface area contributed by atoms with Gasteiger partial charge in [-0.05, 0) is 24.6 Å². The van der Waals surface area contributed by atoms with E-state index in [1.165, 1.54) is 20.1 Å². The van der Waals surface area contributed by atoms with Crippen LogP contribution in [0.4, 0.5) is 0 Å². The van der Waals surface area contributed by atoms with Crippen LogP contribution in [0.3, 0.4) is 0 Å². The predicted octanol–water partition coefficient (Wildman–Crippen LogP) is 2.46. The SMILES string of the molecule is COC(=O)/C=C/[C@H](c1ccc(OC)cc1)[C@H](C)OC(C)=O. The second-order valence-corrected chi connectivity index (χ2v) is 4.50. The molecule has 0 unspecified atom stereocenters. The first kappa shape index (κ1) is 16.8. The van der Waals surface area contributed by atoms with Gasteiger partial charge in [-0.15, -0.1) is 0 Å². The van der Waals surface area contributed by atoms with E-state index in [0.29, 0.717) is 0 Å². The first-order valence-electron chi connectivity index (χ1n) is 6.55. The summed E-state index contributed by atoms with van der Waals surface area (Å²) in [6, 6.07) is 7.36. The van der Waals surface area contributed by atoms with Crippen molar-refractivity contribution in [3.05, 3.63) is 42.0 Å². The highest BCUT2D eigenvalue weighted by Crippen LogP contribution is 2.25. The third kappa shape index (κ3) is 5.30. The zero-order valence-electron chi connectivity index (χ0n) is 12.7. The number of benzene rings is 1. The summed E-state index contributed by atoms with van der Waals surface area (Å²) < 4.78 is 14.9. The summed E-state index contributed by atoms with van der Waals surface area (Å²) in [7, 11) is 2.90. The highest BCUT2D eigenvalue weighted by molar-refractivity contribution is 5.82. The van der Waals surface area contributed by atoms with Crippen LogP contribution < -0.4 is 4.74 Å². The molecule has 1 aromatic carbocycles. The quantitative estimate of drug-likeness (QED) is 0.595. The number of methoxy groups -OCH3 is 2. The van der Waals surface area contributed by atoms with E-state index in [2.05, 4.69) is 4.74 Å². The molecule has 2 atom stereocenters. The molecule has 0 aliphatic rings. The van der Waals surface area contributed by atoms with Crippen LogP contribution in [0, 0.1) is 0 Å². The largest absolute Gasteiger partial charge is 0.497 e. The van der Waals surface area contributed by atoms with E-state index in [9.17, 15) is 9.59 Å². The Bertz CT molecular complexity index is 504. The Hall–Kier alpha value is -2.30. The van der Waals surface area contributed by atoms with Crippen molar-refractivity contribution < 1.29 is 23.8 Å². The van der Waals surface area contributed by atoms with Gasteiger partial charge < -0.3 is 14.2 Å². The van der Waals surface area contributed by atoms with Crippen molar-refractivity contribution in [2.75, 3.05) is 14.2 Å². The van der Waals surface area contributed by atoms with Gasteiger partial charge in [0.1, 0.15) is 11.9 Å². The summed E-state index contributed by atoms with van der Waals surface area (Å²) in [6.45, 7) is 3.13. The van der Waals surface area contributed by atoms with Gasteiger partial charge in [0.05, 0.1) is 14.2 Å². The average molecular weight is 292 g/mol. The van der Waals surface area contributed by atoms with Crippen LogP contribution in [0.25, 0.3) is 0 Å². The topological polar surface area (TPSA) is 61.8 Å². The third-order valence-electron chi connectivity index (χ3n) is 3.00. The molecule has 0 fully saturated rings. The van der Waals surface area contributed by atoms with E-state index in [4.69, 9.17) is 9.47 Å². The summed E-state index contributed by atoms with van der Waals surface area (Å²) in [5.74, 6) is -0.343. The van der Waals surface area contributed by atoms with Crippen molar-refractivity contribution in [3.8, 4) is 5.75 Å². The molecule has 0 heterocycles. The maximum absolute atomic E-state index is 11.3. The van der Waals surface area contributed by atoms with Gasteiger partial charge in [0.25, 0.3) is 0 Å². The number of carbonyl (C=O) groups excluding carboxylic acids is 2. The molecule has 0 aliphatic heterocycles. The van der Waals surface area contributed by atoms with Crippen LogP contribution in [0.1, 0.15) is 25.3 Å². The van der Waals surface area contributed by atoms with E-state index >= 15 is 0 Å². The van der Waals surface area contributed by atoms with E-state index in [1.54, 1.807) is 20.1 Å². The van der Waals surface area contributed by atoms with E-state index in [0.717, 1.165) is 11.3 Å². The van der Waals surface area contributed by atoms with Gasteiger partial charge in [-0.3, -0.25) is 4.79 Å². The summed E-state index contributed by atoms with van der Waals surface area (Å²) >= 11 is 0. The Morgan fingerprint density at radius 2 is 1.76 bits per heavy atom. The van der Waals surface area contributed by atoms with Gasteiger partial charge in [0.15, 0.2) is 0 Å². The van der Waals surface area contributed by atoms with Crippen molar-refractivity contribution >= 4 is 11.9 Å². The minimum absolute atomic E-state index is 0.251. The number of hydrogen-bond acceptors (Lipinski definition) is 5. The fraction of sp³-hybridized carbons (Fsp3) is 0.375. The molecule has 0 spiro atoms. The average Bonchev–Trinajstić information content (AvgIpc) is 2.47. The first-order chi connectivity index (χ1) is 9.97. The van der Waals surface area contributed by atoms with E-state index in [1.807, 2.05) is 24.3 Å². The molecule has 1 rings (SSSR count). The van der Waals surface area contributed by atoms with E-state index < -0.39 is 12.1 Å². The molecule has 0 aromatic heterocycles. The van der Waals surface area contributed by atoms with Crippen LogP contribution in [0.5, 0.6) is 5.75 Å². The van der Waals surface area contributed by atoms with Crippen LogP contribution in [-0.4, -0.2) is 32.3 Å². The fourth-order valence-corrected chi connectivity index (χ4v) is 1.95. The summed E-state index contributed by atoms with van der Waals surface area (Å²) in [5, 5.41) is 0. The van der Waals surface area contributed by atoms with Crippen molar-refractivity contribution in [1.82, 2.24) is 0 Å². The van der Waals surface area contributed by atoms with Crippen molar-refractivity contribution in [1.29, 1.82) is 0 Å². The van der Waals surface area contributed by atoms with Gasteiger partial charge in [-0.1, -0.05) is 18.2 Å². The molecule has 0 aliphatic carbocycles. The zero-order chi connectivity index (χ0) is 15.8. The lowest BCUT2D eigenvalue weighted by molar-refractivity contribution is -0.145. The molecule has 0 saturated heterocycles. The standard InChI is InChI=1S/C16H20O5/c1-11(21-12(2)17)15(9-10-16(18)20-4)13-5-7-14(19-3)8-6-13/h5-11,15H,1-4H3/b10-9+/t11-,15-/m0/s1. The Morgan fingerprint density at radius 1 is 1.14 bits per heavy atom. The number of rotatable bonds is 6. The number of hydrogen-bond donors (Lipinski definition) is 0. The molecule has 0 amide bonds. The van der Waals surface area contributed by atoms with Crippen molar-refractivity contribution in [2.45, 2.75) is 25.9 Å². The Morgan fingerprint density at radius 3 is 2.24 bits per heavy atom. The second-order valence-electron chi connectivity index (χ2n) is 4.50. The van der Waals surface area contributed by atoms with Gasteiger partial charge in [-0.2, -0.15) is 0 Å². The van der Waals surface area contributed by atoms with Crippen LogP contribution in [0.15, 0.2) is 36.4 Å². The lowest BCUT2D eigenvalue weighted by Crippen LogP contribution is -2.20. The molecule has 1 aromatic rings. The van der Waals surface area contributed by atoms with E-state index in [-0.39, 0.29) is 11.9 Å². The molecule has 5 heteroatoms. The molecule has 0 N–H and O–H groups in total. The van der Waals surface area contributed by atoms with Crippen LogP contribution in [-0.2, 0) is 19.1 Å². The summed E-state index contributed by atoms with van der Waals surface area (Å²) in [6.07, 6.45) is 2.59. The zero-order valence-corrected chi connectivity index (χ0v) is 12.7. The lowest BCUT2D eigenvalue weighted by Gasteiger charge is -2.21. The van der Waals surface area contributed by atoms with Crippen molar-refractivity contribution in [2.24, 2.45) is 0 Å². The second kappa shape index (κ2) is 8.09. The number of ether oxygens (including phenoxy) is 3. The van der Waals surface area contributed by atoms with Crippen LogP contribution in [0.2, 0.25) is 0 Å². The van der Waals surface area contributed by atoms with Crippen LogP contribution >= 0.6 is 0 Å². The predicted molar refractivity (Wildman–Crippen MR) is 78.1 cm³/mol. The fourth-order valence-electron chi connectivity index (χ4n) is 1.95. The van der Waals surface area contributed by atoms with Gasteiger partial charge >= 0.3 is 11.9 Å². The summed E-state index contributed by atoms with van der Waals surface area (Å²) in [4.78, 5) is 22.4. The highest BCUT2D eigenvalue weighted by Gasteiger charge is 2.20. The van der Waals surface area contributed by atoms with Crippen molar-refractivity contribution in [3.63, 3.8) is 0 Å². The molecular weight excluding hydrogens is 272 g/mol. The first-order valence-corrected chi connectivity index (χ1v) is 6.55. The Labute approximate surface area is 124 Å². The lowest BCUT2D eigenvalue weighted by atomic mass is 9.93. The van der Waals surface area contributed by atoms with Gasteiger partial charge in [-0.25, -0.2) is 4.79 Å². The monoisotopic (exact) mass is 292 g/mol. The molecule has 5 nitrogen and oxygen atoms in total. The smallest absolute Gasteiger partial charge is 0.330 e. The van der Waals surface area contributed by atoms with Gasteiger partial charge in [0, 0.05) is 18.9 Å². The summed E-state index contributed by atoms with van der Waals surface area (Å²) in [5.41, 5.74) is 0.907. The number of carbonyl (C=O) groups is 2. The molecule has 21 heavy (non-hydrogen) atoms. The molecule has 0 radical (unpaired) electrons. The molecule has 0 bridgehead atoms. The Kier molecular flexibility index (Phi) is 6.46. The van der Waals surface area contributed by atoms with Gasteiger partial charge in [0.2, 0.25) is 0 Å². The normalized spacial score (nSPS) is 13.5. The minimum Gasteiger partial charge on any atom is -0.497 e. The molecule has 0 saturated carbocycles. The highest BCUT2D eigenvalue weighted by atomic mass is 16.5. The Balaban J connectivity index is 3.01. The molecule has 114 valence electrons. The third-order valence-corrected chi connectivity index (χ3v) is 3.00.